The molecular formula is C18H23N3O3. The molecule has 1 atom stereocenters. The lowest BCUT2D eigenvalue weighted by Crippen LogP contribution is -2.29. The Morgan fingerprint density at radius 3 is 2.67 bits per heavy atom. The van der Waals surface area contributed by atoms with E-state index >= 15 is 0 Å². The largest absolute Gasteiger partial charge is 0.481 e. The first-order valence-electron chi connectivity index (χ1n) is 7.95. The van der Waals surface area contributed by atoms with Crippen molar-refractivity contribution in [2.45, 2.75) is 33.7 Å². The molecule has 1 aromatic carbocycles. The van der Waals surface area contributed by atoms with Gasteiger partial charge in [0.15, 0.2) is 0 Å². The van der Waals surface area contributed by atoms with E-state index in [0.29, 0.717) is 18.7 Å². The summed E-state index contributed by atoms with van der Waals surface area (Å²) in [5.74, 6) is -1.16. The smallest absolute Gasteiger partial charge is 0.303 e. The van der Waals surface area contributed by atoms with Crippen LogP contribution in [0.2, 0.25) is 0 Å². The van der Waals surface area contributed by atoms with Crippen LogP contribution in [0.15, 0.2) is 30.3 Å². The molecule has 2 N–H and O–H groups in total. The first-order valence-corrected chi connectivity index (χ1v) is 7.95. The predicted octanol–water partition coefficient (Wildman–Crippen LogP) is 2.39. The van der Waals surface area contributed by atoms with Gasteiger partial charge < -0.3 is 10.4 Å². The Balaban J connectivity index is 2.00. The molecule has 6 nitrogen and oxygen atoms in total. The van der Waals surface area contributed by atoms with Gasteiger partial charge >= 0.3 is 5.97 Å². The fourth-order valence-electron chi connectivity index (χ4n) is 2.56. The van der Waals surface area contributed by atoms with Gasteiger partial charge in [-0.15, -0.1) is 0 Å². The monoisotopic (exact) mass is 329 g/mol. The quantitative estimate of drug-likeness (QED) is 0.817. The fraction of sp³-hybridized carbons (Fsp3) is 0.389. The molecule has 0 spiro atoms. The molecule has 6 heteroatoms. The van der Waals surface area contributed by atoms with Gasteiger partial charge in [-0.3, -0.25) is 14.3 Å². The van der Waals surface area contributed by atoms with Crippen molar-refractivity contribution in [2.24, 2.45) is 5.92 Å². The van der Waals surface area contributed by atoms with Gasteiger partial charge in [0.2, 0.25) is 0 Å². The molecule has 0 aliphatic heterocycles. The van der Waals surface area contributed by atoms with Crippen LogP contribution in [0.25, 0.3) is 0 Å². The van der Waals surface area contributed by atoms with Crippen LogP contribution in [-0.4, -0.2) is 33.3 Å². The summed E-state index contributed by atoms with van der Waals surface area (Å²) in [7, 11) is 0. The van der Waals surface area contributed by atoms with Gasteiger partial charge in [0, 0.05) is 24.2 Å². The summed E-state index contributed by atoms with van der Waals surface area (Å²) in [5.41, 5.74) is 3.60. The lowest BCUT2D eigenvalue weighted by atomic mass is 10.1. The maximum atomic E-state index is 12.2. The summed E-state index contributed by atoms with van der Waals surface area (Å²) >= 11 is 0. The second kappa shape index (κ2) is 7.77. The van der Waals surface area contributed by atoms with Gasteiger partial charge in [-0.25, -0.2) is 0 Å². The summed E-state index contributed by atoms with van der Waals surface area (Å²) in [5, 5.41) is 16.0. The maximum absolute atomic E-state index is 12.2. The Morgan fingerprint density at radius 2 is 2.04 bits per heavy atom. The molecular weight excluding hydrogens is 306 g/mol. The number of carboxylic acids is 1. The van der Waals surface area contributed by atoms with E-state index in [9.17, 15) is 9.59 Å². The zero-order valence-electron chi connectivity index (χ0n) is 14.2. The van der Waals surface area contributed by atoms with Crippen LogP contribution >= 0.6 is 0 Å². The molecule has 1 aromatic heterocycles. The van der Waals surface area contributed by atoms with Crippen molar-refractivity contribution in [2.75, 3.05) is 6.54 Å². The number of nitrogens with one attached hydrogen (secondary N) is 1. The average Bonchev–Trinajstić information content (AvgIpc) is 2.82. The molecule has 2 aromatic rings. The Labute approximate surface area is 141 Å². The zero-order valence-corrected chi connectivity index (χ0v) is 14.2. The van der Waals surface area contributed by atoms with E-state index < -0.39 is 5.97 Å². The number of amides is 1. The van der Waals surface area contributed by atoms with Gasteiger partial charge in [0.1, 0.15) is 0 Å². The molecule has 128 valence electrons. The second-order valence-electron chi connectivity index (χ2n) is 6.20. The maximum Gasteiger partial charge on any atom is 0.303 e. The molecule has 0 fully saturated rings. The van der Waals surface area contributed by atoms with Gasteiger partial charge in [0.25, 0.3) is 5.91 Å². The van der Waals surface area contributed by atoms with E-state index in [1.54, 1.807) is 13.0 Å². The first kappa shape index (κ1) is 17.7. The van der Waals surface area contributed by atoms with Gasteiger partial charge in [-0.2, -0.15) is 5.10 Å². The minimum absolute atomic E-state index is 0.0399. The van der Waals surface area contributed by atoms with Gasteiger partial charge in [0.05, 0.1) is 12.2 Å². The number of nitrogens with zero attached hydrogens (tertiary/aromatic N) is 2. The van der Waals surface area contributed by atoms with Crippen molar-refractivity contribution in [3.05, 3.63) is 52.8 Å². The molecule has 0 saturated heterocycles. The third-order valence-electron chi connectivity index (χ3n) is 3.76. The molecule has 1 amide bonds. The van der Waals surface area contributed by atoms with E-state index in [4.69, 9.17) is 5.11 Å². The summed E-state index contributed by atoms with van der Waals surface area (Å²) in [6.45, 7) is 6.70. The van der Waals surface area contributed by atoms with Crippen LogP contribution in [0, 0.1) is 19.8 Å². The van der Waals surface area contributed by atoms with Crippen LogP contribution in [0.4, 0.5) is 0 Å². The molecule has 1 heterocycles. The minimum atomic E-state index is -0.858. The van der Waals surface area contributed by atoms with Crippen molar-refractivity contribution in [3.8, 4) is 0 Å². The Bertz CT molecular complexity index is 737. The summed E-state index contributed by atoms with van der Waals surface area (Å²) in [6, 6.07) is 9.41. The van der Waals surface area contributed by atoms with E-state index in [-0.39, 0.29) is 18.2 Å². The lowest BCUT2D eigenvalue weighted by Gasteiger charge is -2.11. The Morgan fingerprint density at radius 1 is 1.29 bits per heavy atom. The summed E-state index contributed by atoms with van der Waals surface area (Å²) < 4.78 is 1.90. The van der Waals surface area contributed by atoms with E-state index in [0.717, 1.165) is 17.0 Å². The minimum Gasteiger partial charge on any atom is -0.481 e. The van der Waals surface area contributed by atoms with Crippen molar-refractivity contribution in [1.29, 1.82) is 0 Å². The molecule has 0 aliphatic carbocycles. The highest BCUT2D eigenvalue weighted by molar-refractivity contribution is 5.94. The van der Waals surface area contributed by atoms with Crippen LogP contribution in [0.5, 0.6) is 0 Å². The SMILES string of the molecule is Cc1cc(C)n(Cc2cccc(C(=O)NCC(C)CC(=O)O)c2)n1. The third kappa shape index (κ3) is 4.94. The van der Waals surface area contributed by atoms with Crippen molar-refractivity contribution >= 4 is 11.9 Å². The predicted molar refractivity (Wildman–Crippen MR) is 91.0 cm³/mol. The Hall–Kier alpha value is -2.63. The number of rotatable bonds is 7. The molecule has 0 bridgehead atoms. The van der Waals surface area contributed by atoms with Crippen LogP contribution in [0.1, 0.15) is 40.7 Å². The number of carboxylic acid groups (broad SMARTS) is 1. The number of aryl methyl sites for hydroxylation is 2. The van der Waals surface area contributed by atoms with Crippen LogP contribution < -0.4 is 5.32 Å². The number of aliphatic carboxylic acids is 1. The zero-order chi connectivity index (χ0) is 17.7. The summed E-state index contributed by atoms with van der Waals surface area (Å²) in [6.07, 6.45) is 0.0399. The van der Waals surface area contributed by atoms with Gasteiger partial charge in [-0.05, 0) is 43.5 Å². The van der Waals surface area contributed by atoms with Crippen LogP contribution in [0.3, 0.4) is 0 Å². The van der Waals surface area contributed by atoms with Crippen molar-refractivity contribution in [3.63, 3.8) is 0 Å². The normalized spacial score (nSPS) is 12.0. The number of aromatic nitrogens is 2. The molecule has 0 radical (unpaired) electrons. The van der Waals surface area contributed by atoms with E-state index in [1.165, 1.54) is 0 Å². The highest BCUT2D eigenvalue weighted by atomic mass is 16.4. The number of benzene rings is 1. The first-order chi connectivity index (χ1) is 11.3. The number of carbonyl (C=O) groups is 2. The molecule has 0 aliphatic rings. The molecule has 2 rings (SSSR count). The number of hydrogen-bond donors (Lipinski definition) is 2. The standard InChI is InChI=1S/C18H23N3O3/c1-12(7-17(22)23)10-19-18(24)16-6-4-5-15(9-16)11-21-14(3)8-13(2)20-21/h4-6,8-9,12H,7,10-11H2,1-3H3,(H,19,24)(H,22,23). The molecule has 24 heavy (non-hydrogen) atoms. The molecule has 0 saturated carbocycles. The topological polar surface area (TPSA) is 84.2 Å². The van der Waals surface area contributed by atoms with Crippen LogP contribution in [-0.2, 0) is 11.3 Å². The van der Waals surface area contributed by atoms with E-state index in [2.05, 4.69) is 10.4 Å². The summed E-state index contributed by atoms with van der Waals surface area (Å²) in [4.78, 5) is 22.9. The Kier molecular flexibility index (Phi) is 5.73. The molecule has 1 unspecified atom stereocenters. The highest BCUT2D eigenvalue weighted by Gasteiger charge is 2.11. The van der Waals surface area contributed by atoms with Crippen molar-refractivity contribution < 1.29 is 14.7 Å². The lowest BCUT2D eigenvalue weighted by molar-refractivity contribution is -0.137. The third-order valence-corrected chi connectivity index (χ3v) is 3.76. The van der Waals surface area contributed by atoms with E-state index in [1.807, 2.05) is 42.8 Å². The number of carbonyl (C=O) groups excluding carboxylic acids is 1. The number of hydrogen-bond acceptors (Lipinski definition) is 3. The second-order valence-corrected chi connectivity index (χ2v) is 6.20. The van der Waals surface area contributed by atoms with Gasteiger partial charge in [-0.1, -0.05) is 19.1 Å². The average molecular weight is 329 g/mol. The highest BCUT2D eigenvalue weighted by Crippen LogP contribution is 2.10. The van der Waals surface area contributed by atoms with Crippen molar-refractivity contribution in [1.82, 2.24) is 15.1 Å². The fourth-order valence-corrected chi connectivity index (χ4v) is 2.56.